The molecule has 4 aromatic rings. The number of amides is 3. The Morgan fingerprint density at radius 2 is 1.65 bits per heavy atom. The van der Waals surface area contributed by atoms with Gasteiger partial charge in [-0.15, -0.1) is 0 Å². The molecule has 262 valence electrons. The average Bonchev–Trinajstić information content (AvgIpc) is 3.46. The molecule has 1 atom stereocenters. The van der Waals surface area contributed by atoms with Gasteiger partial charge < -0.3 is 24.4 Å². The number of carboxylic acid groups (broad SMARTS) is 1. The molecule has 0 aliphatic carbocycles. The molecule has 0 saturated carbocycles. The minimum absolute atomic E-state index is 0.00220. The van der Waals surface area contributed by atoms with E-state index >= 15 is 4.39 Å². The third-order valence-electron chi connectivity index (χ3n) is 8.05. The summed E-state index contributed by atoms with van der Waals surface area (Å²) < 4.78 is 32.1. The molecule has 1 saturated heterocycles. The highest BCUT2D eigenvalue weighted by Crippen LogP contribution is 2.44. The van der Waals surface area contributed by atoms with Crippen LogP contribution in [0.5, 0.6) is 0 Å². The van der Waals surface area contributed by atoms with Crippen molar-refractivity contribution in [1.29, 1.82) is 0 Å². The Balaban J connectivity index is 1.60. The third-order valence-corrected chi connectivity index (χ3v) is 9.27. The number of rotatable bonds is 9. The summed E-state index contributed by atoms with van der Waals surface area (Å²) in [5.74, 6) is -0.501. The number of anilines is 2. The van der Waals surface area contributed by atoms with E-state index in [1.165, 1.54) is 11.0 Å². The first-order valence-corrected chi connectivity index (χ1v) is 17.5. The van der Waals surface area contributed by atoms with Crippen molar-refractivity contribution in [2.24, 2.45) is 17.8 Å². The van der Waals surface area contributed by atoms with Crippen LogP contribution in [0.4, 0.5) is 29.6 Å². The highest BCUT2D eigenvalue weighted by Gasteiger charge is 2.34. The van der Waals surface area contributed by atoms with Crippen molar-refractivity contribution in [2.45, 2.75) is 54.0 Å². The Labute approximate surface area is 293 Å². The zero-order valence-electron chi connectivity index (χ0n) is 28.4. The predicted molar refractivity (Wildman–Crippen MR) is 190 cm³/mol. The first-order valence-electron chi connectivity index (χ1n) is 16.3. The summed E-state index contributed by atoms with van der Waals surface area (Å²) >= 11 is 8.04. The largest absolute Gasteiger partial charge is 0.465 e. The predicted octanol–water partition coefficient (Wildman–Crippen LogP) is 8.91. The number of benzene rings is 2. The average molecular weight is 714 g/mol. The second-order valence-corrected chi connectivity index (χ2v) is 14.6. The summed E-state index contributed by atoms with van der Waals surface area (Å²) in [6.07, 6.45) is -2.21. The van der Waals surface area contributed by atoms with Crippen molar-refractivity contribution in [1.82, 2.24) is 14.3 Å². The second kappa shape index (κ2) is 15.1. The van der Waals surface area contributed by atoms with Gasteiger partial charge >= 0.3 is 18.3 Å². The van der Waals surface area contributed by atoms with Crippen LogP contribution in [-0.2, 0) is 9.47 Å². The van der Waals surface area contributed by atoms with Gasteiger partial charge in [0.05, 0.1) is 29.8 Å². The number of carbonyl (C=O) groups is 3. The Morgan fingerprint density at radius 3 is 2.27 bits per heavy atom. The van der Waals surface area contributed by atoms with Crippen LogP contribution in [0, 0.1) is 23.6 Å². The molecule has 2 aromatic heterocycles. The summed E-state index contributed by atoms with van der Waals surface area (Å²) in [6.45, 7) is 12.9. The van der Waals surface area contributed by atoms with E-state index in [-0.39, 0.29) is 58.9 Å². The van der Waals surface area contributed by atoms with E-state index < -0.39 is 24.1 Å². The number of ether oxygens (including phenoxy) is 2. The first-order chi connectivity index (χ1) is 23.3. The van der Waals surface area contributed by atoms with Gasteiger partial charge in [-0.05, 0) is 59.5 Å². The fourth-order valence-corrected chi connectivity index (χ4v) is 7.05. The van der Waals surface area contributed by atoms with Crippen molar-refractivity contribution in [3.8, 4) is 11.1 Å². The number of hydrogen-bond acceptors (Lipinski definition) is 9. The van der Waals surface area contributed by atoms with Crippen LogP contribution in [0.3, 0.4) is 0 Å². The Hall–Kier alpha value is -4.23. The number of nitrogens with zero attached hydrogens (tertiary/aromatic N) is 5. The highest BCUT2D eigenvalue weighted by molar-refractivity contribution is 7.11. The van der Waals surface area contributed by atoms with Crippen LogP contribution in [0.25, 0.3) is 32.9 Å². The molecule has 2 aromatic carbocycles. The van der Waals surface area contributed by atoms with E-state index in [4.69, 9.17) is 21.1 Å². The minimum atomic E-state index is -0.971. The van der Waals surface area contributed by atoms with Crippen molar-refractivity contribution >= 4 is 74.0 Å². The van der Waals surface area contributed by atoms with Gasteiger partial charge in [-0.3, -0.25) is 0 Å². The Morgan fingerprint density at radius 1 is 1.00 bits per heavy atom. The van der Waals surface area contributed by atoms with Gasteiger partial charge in [0.1, 0.15) is 16.3 Å². The maximum atomic E-state index is 16.7. The molecule has 0 spiro atoms. The van der Waals surface area contributed by atoms with Gasteiger partial charge in [0.15, 0.2) is 5.82 Å². The topological polar surface area (TPSA) is 125 Å². The molecule has 14 heteroatoms. The number of pyridine rings is 1. The van der Waals surface area contributed by atoms with Crippen molar-refractivity contribution in [3.05, 3.63) is 47.2 Å². The number of aromatic nitrogens is 2. The smallest absolute Gasteiger partial charge is 0.425 e. The summed E-state index contributed by atoms with van der Waals surface area (Å²) in [4.78, 5) is 47.4. The number of hydrogen-bond donors (Lipinski definition) is 1. The molecule has 0 bridgehead atoms. The molecular weight excluding hydrogens is 673 g/mol. The van der Waals surface area contributed by atoms with Crippen LogP contribution in [0.1, 0.15) is 48.0 Å². The summed E-state index contributed by atoms with van der Waals surface area (Å²) in [6, 6.07) is 9.82. The molecule has 1 fully saturated rings. The normalized spacial score (nSPS) is 15.1. The van der Waals surface area contributed by atoms with Gasteiger partial charge in [0.25, 0.3) is 0 Å². The van der Waals surface area contributed by atoms with E-state index in [0.29, 0.717) is 52.9 Å². The quantitative estimate of drug-likeness (QED) is 0.181. The van der Waals surface area contributed by atoms with Crippen LogP contribution in [-0.4, -0.2) is 76.5 Å². The zero-order valence-corrected chi connectivity index (χ0v) is 30.0. The zero-order chi connectivity index (χ0) is 35.6. The maximum absolute atomic E-state index is 16.7. The third kappa shape index (κ3) is 7.83. The van der Waals surface area contributed by atoms with E-state index in [1.807, 2.05) is 46.4 Å². The molecule has 11 nitrogen and oxygen atoms in total. The molecule has 3 heterocycles. The van der Waals surface area contributed by atoms with Gasteiger partial charge in [-0.1, -0.05) is 71.3 Å². The Kier molecular flexibility index (Phi) is 11.1. The molecule has 1 aliphatic rings. The summed E-state index contributed by atoms with van der Waals surface area (Å²) in [7, 11) is 0. The van der Waals surface area contributed by atoms with Gasteiger partial charge in [-0.2, -0.15) is 9.27 Å². The number of carbonyl (C=O) groups excluding carboxylic acids is 2. The van der Waals surface area contributed by atoms with E-state index in [9.17, 15) is 19.5 Å². The lowest BCUT2D eigenvalue weighted by Gasteiger charge is -2.41. The summed E-state index contributed by atoms with van der Waals surface area (Å²) in [5, 5.41) is 11.6. The molecule has 3 amide bonds. The lowest BCUT2D eigenvalue weighted by molar-refractivity contribution is 0.111. The van der Waals surface area contributed by atoms with Gasteiger partial charge in [0, 0.05) is 36.0 Å². The number of imide groups is 1. The molecule has 1 aliphatic heterocycles. The van der Waals surface area contributed by atoms with Crippen LogP contribution >= 0.6 is 23.1 Å². The van der Waals surface area contributed by atoms with Crippen molar-refractivity contribution in [3.63, 3.8) is 0 Å². The van der Waals surface area contributed by atoms with E-state index in [2.05, 4.69) is 9.36 Å². The number of para-hydroxylation sites is 1. The van der Waals surface area contributed by atoms with Crippen LogP contribution < -0.4 is 9.80 Å². The van der Waals surface area contributed by atoms with Crippen LogP contribution in [0.2, 0.25) is 5.02 Å². The van der Waals surface area contributed by atoms with Gasteiger partial charge in [-0.25, -0.2) is 23.8 Å². The molecular formula is C35H41ClFN5O6S. The molecule has 0 radical (unpaired) electrons. The van der Waals surface area contributed by atoms with E-state index in [0.717, 1.165) is 16.4 Å². The molecule has 5 rings (SSSR count). The first kappa shape index (κ1) is 36.1. The molecule has 1 N–H and O–H groups in total. The van der Waals surface area contributed by atoms with Gasteiger partial charge in [0.2, 0.25) is 0 Å². The number of fused-ring (bicyclic) bond motifs is 2. The molecule has 49 heavy (non-hydrogen) atoms. The fraction of sp³-hybridized carbons (Fsp3) is 0.457. The SMILES string of the molecule is CC(C)COC(=O)N(C(=O)OCC(C)C)c1cc(-c2c(Cl)cc3c(N4CCN(C(=O)O)C(CC(C)C)C4)snc3c2F)c2ccccc2n1. The fourth-order valence-electron chi connectivity index (χ4n) is 5.86. The monoisotopic (exact) mass is 713 g/mol. The van der Waals surface area contributed by atoms with E-state index in [1.54, 1.807) is 30.3 Å². The van der Waals surface area contributed by atoms with Crippen LogP contribution in [0.15, 0.2) is 36.4 Å². The minimum Gasteiger partial charge on any atom is -0.465 e. The lowest BCUT2D eigenvalue weighted by Crippen LogP contribution is -2.55. The lowest BCUT2D eigenvalue weighted by atomic mass is 9.98. The van der Waals surface area contributed by atoms with Crippen molar-refractivity contribution < 1.29 is 33.4 Å². The van der Waals surface area contributed by atoms with Crippen molar-refractivity contribution in [2.75, 3.05) is 42.6 Å². The standard InChI is InChI=1S/C35H41ClFN5O6S/c1-19(2)13-22-16-40(11-12-41(22)33(43)44)32-25-14-26(36)29(30(37)31(25)39-49-32)24-15-28(38-27-10-8-7-9-23(24)27)42(34(45)47-17-20(3)4)35(46)48-18-21(5)6/h7-10,14-15,19-22H,11-13,16-18H2,1-6H3,(H,43,44). The summed E-state index contributed by atoms with van der Waals surface area (Å²) in [5.41, 5.74) is 0.818. The second-order valence-electron chi connectivity index (χ2n) is 13.5. The number of halogens is 2. The molecule has 1 unspecified atom stereocenters. The maximum Gasteiger partial charge on any atom is 0.425 e. The Bertz CT molecular complexity index is 1840. The highest BCUT2D eigenvalue weighted by atomic mass is 35.5. The number of piperazine rings is 1.